The van der Waals surface area contributed by atoms with Crippen molar-refractivity contribution >= 4 is 0 Å². The van der Waals surface area contributed by atoms with Gasteiger partial charge in [-0.25, -0.2) is 0 Å². The lowest BCUT2D eigenvalue weighted by molar-refractivity contribution is 0.307. The van der Waals surface area contributed by atoms with E-state index in [2.05, 4.69) is 18.2 Å². The molecule has 1 atom stereocenters. The first-order valence-corrected chi connectivity index (χ1v) is 5.17. The van der Waals surface area contributed by atoms with Crippen LogP contribution in [0.1, 0.15) is 13.3 Å². The van der Waals surface area contributed by atoms with E-state index < -0.39 is 0 Å². The zero-order chi connectivity index (χ0) is 10.9. The van der Waals surface area contributed by atoms with Crippen molar-refractivity contribution in [1.29, 1.82) is 0 Å². The predicted octanol–water partition coefficient (Wildman–Crippen LogP) is 2.07. The molecule has 0 aliphatic heterocycles. The normalized spacial score (nSPS) is 11.7. The quantitative estimate of drug-likeness (QED) is 0.564. The van der Waals surface area contributed by atoms with Crippen LogP contribution < -0.4 is 10.1 Å². The molecule has 0 saturated carbocycles. The molecular weight excluding hydrogens is 186 g/mol. The lowest BCUT2D eigenvalue weighted by Crippen LogP contribution is -2.29. The maximum atomic E-state index is 5.52. The van der Waals surface area contributed by atoms with Crippen molar-refractivity contribution < 1.29 is 4.74 Å². The van der Waals surface area contributed by atoms with Crippen molar-refractivity contribution in [1.82, 2.24) is 5.32 Å². The highest BCUT2D eigenvalue weighted by atomic mass is 16.5. The van der Waals surface area contributed by atoms with Gasteiger partial charge < -0.3 is 10.1 Å². The highest BCUT2D eigenvalue weighted by molar-refractivity contribution is 5.20. The zero-order valence-corrected chi connectivity index (χ0v) is 9.07. The van der Waals surface area contributed by atoms with Gasteiger partial charge in [-0.2, -0.15) is 0 Å². The third-order valence-electron chi connectivity index (χ3n) is 2.03. The summed E-state index contributed by atoms with van der Waals surface area (Å²) in [6.45, 7) is 3.55. The second kappa shape index (κ2) is 6.92. The Morgan fingerprint density at radius 2 is 2.13 bits per heavy atom. The second-order valence-electron chi connectivity index (χ2n) is 3.42. The molecule has 0 aromatic heterocycles. The summed E-state index contributed by atoms with van der Waals surface area (Å²) in [7, 11) is 0. The van der Waals surface area contributed by atoms with Crippen molar-refractivity contribution in [3.63, 3.8) is 0 Å². The molecule has 0 aliphatic rings. The van der Waals surface area contributed by atoms with E-state index in [0.717, 1.165) is 18.7 Å². The third kappa shape index (κ3) is 5.09. The van der Waals surface area contributed by atoms with Crippen LogP contribution in [0.15, 0.2) is 30.3 Å². The van der Waals surface area contributed by atoms with E-state index in [1.807, 2.05) is 30.3 Å². The molecule has 0 heterocycles. The molecular formula is C13H17NO. The largest absolute Gasteiger partial charge is 0.492 e. The van der Waals surface area contributed by atoms with Gasteiger partial charge in [-0.1, -0.05) is 18.2 Å². The molecule has 1 rings (SSSR count). The summed E-state index contributed by atoms with van der Waals surface area (Å²) in [6, 6.07) is 10.2. The van der Waals surface area contributed by atoms with Crippen molar-refractivity contribution in [2.45, 2.75) is 19.4 Å². The molecule has 0 aliphatic carbocycles. The molecule has 1 aromatic carbocycles. The minimum atomic E-state index is 0.356. The number of para-hydroxylation sites is 1. The van der Waals surface area contributed by atoms with E-state index in [4.69, 9.17) is 11.2 Å². The van der Waals surface area contributed by atoms with Crippen LogP contribution in [-0.4, -0.2) is 19.2 Å². The van der Waals surface area contributed by atoms with Gasteiger partial charge in [-0.3, -0.25) is 0 Å². The topological polar surface area (TPSA) is 21.3 Å². The molecule has 0 fully saturated rings. The van der Waals surface area contributed by atoms with Crippen LogP contribution >= 0.6 is 0 Å². The summed E-state index contributed by atoms with van der Waals surface area (Å²) in [5, 5.41) is 3.29. The molecule has 0 bridgehead atoms. The van der Waals surface area contributed by atoms with Crippen LogP contribution in [0.25, 0.3) is 0 Å². The van der Waals surface area contributed by atoms with Gasteiger partial charge in [-0.05, 0) is 19.1 Å². The molecule has 15 heavy (non-hydrogen) atoms. The maximum absolute atomic E-state index is 5.52. The summed E-state index contributed by atoms with van der Waals surface area (Å²) < 4.78 is 5.52. The van der Waals surface area contributed by atoms with Crippen LogP contribution in [0.4, 0.5) is 0 Å². The lowest BCUT2D eigenvalue weighted by Gasteiger charge is -2.11. The van der Waals surface area contributed by atoms with Gasteiger partial charge in [-0.15, -0.1) is 12.3 Å². The first kappa shape index (κ1) is 11.6. The number of terminal acetylenes is 1. The Morgan fingerprint density at radius 3 is 2.80 bits per heavy atom. The van der Waals surface area contributed by atoms with Crippen LogP contribution in [-0.2, 0) is 0 Å². The van der Waals surface area contributed by atoms with Crippen molar-refractivity contribution in [3.8, 4) is 18.1 Å². The van der Waals surface area contributed by atoms with E-state index >= 15 is 0 Å². The Balaban J connectivity index is 2.10. The van der Waals surface area contributed by atoms with E-state index in [1.165, 1.54) is 0 Å². The number of hydrogen-bond acceptors (Lipinski definition) is 2. The third-order valence-corrected chi connectivity index (χ3v) is 2.03. The Morgan fingerprint density at radius 1 is 1.40 bits per heavy atom. The van der Waals surface area contributed by atoms with Gasteiger partial charge in [0.25, 0.3) is 0 Å². The summed E-state index contributed by atoms with van der Waals surface area (Å²) in [5.41, 5.74) is 0. The fraction of sp³-hybridized carbons (Fsp3) is 0.385. The highest BCUT2D eigenvalue weighted by Gasteiger charge is 1.97. The van der Waals surface area contributed by atoms with Crippen LogP contribution in [0.5, 0.6) is 5.75 Å². The Bertz CT molecular complexity index is 302. The van der Waals surface area contributed by atoms with Crippen LogP contribution in [0.3, 0.4) is 0 Å². The average Bonchev–Trinajstić information content (AvgIpc) is 2.26. The van der Waals surface area contributed by atoms with E-state index in [9.17, 15) is 0 Å². The molecule has 0 spiro atoms. The van der Waals surface area contributed by atoms with Crippen LogP contribution in [0, 0.1) is 12.3 Å². The van der Waals surface area contributed by atoms with Gasteiger partial charge in [0.1, 0.15) is 12.4 Å². The zero-order valence-electron chi connectivity index (χ0n) is 9.07. The van der Waals surface area contributed by atoms with Gasteiger partial charge in [0.2, 0.25) is 0 Å². The van der Waals surface area contributed by atoms with E-state index in [0.29, 0.717) is 12.6 Å². The SMILES string of the molecule is C#CCC(C)NCCOc1ccccc1. The minimum Gasteiger partial charge on any atom is -0.492 e. The molecule has 0 amide bonds. The van der Waals surface area contributed by atoms with Gasteiger partial charge in [0.05, 0.1) is 0 Å². The number of hydrogen-bond donors (Lipinski definition) is 1. The van der Waals surface area contributed by atoms with Gasteiger partial charge in [0, 0.05) is 19.0 Å². The molecule has 1 aromatic rings. The molecule has 1 N–H and O–H groups in total. The number of nitrogens with one attached hydrogen (secondary N) is 1. The van der Waals surface area contributed by atoms with E-state index in [-0.39, 0.29) is 0 Å². The highest BCUT2D eigenvalue weighted by Crippen LogP contribution is 2.07. The first-order chi connectivity index (χ1) is 7.33. The van der Waals surface area contributed by atoms with Gasteiger partial charge in [0.15, 0.2) is 0 Å². The predicted molar refractivity (Wildman–Crippen MR) is 62.9 cm³/mol. The Kier molecular flexibility index (Phi) is 5.35. The van der Waals surface area contributed by atoms with Crippen LogP contribution in [0.2, 0.25) is 0 Å². The average molecular weight is 203 g/mol. The Labute approximate surface area is 91.6 Å². The first-order valence-electron chi connectivity index (χ1n) is 5.17. The standard InChI is InChI=1S/C13H17NO/c1-3-7-12(2)14-10-11-15-13-8-5-4-6-9-13/h1,4-6,8-9,12,14H,7,10-11H2,2H3. The summed E-state index contributed by atoms with van der Waals surface area (Å²) >= 11 is 0. The lowest BCUT2D eigenvalue weighted by atomic mass is 10.2. The smallest absolute Gasteiger partial charge is 0.119 e. The fourth-order valence-corrected chi connectivity index (χ4v) is 1.24. The summed E-state index contributed by atoms with van der Waals surface area (Å²) in [4.78, 5) is 0. The fourth-order valence-electron chi connectivity index (χ4n) is 1.24. The maximum Gasteiger partial charge on any atom is 0.119 e. The van der Waals surface area contributed by atoms with Crippen molar-refractivity contribution in [2.24, 2.45) is 0 Å². The number of rotatable bonds is 6. The molecule has 80 valence electrons. The minimum absolute atomic E-state index is 0.356. The second-order valence-corrected chi connectivity index (χ2v) is 3.42. The number of ether oxygens (including phenoxy) is 1. The monoisotopic (exact) mass is 203 g/mol. The summed E-state index contributed by atoms with van der Waals surface area (Å²) in [6.07, 6.45) is 5.96. The molecule has 0 radical (unpaired) electrons. The molecule has 1 unspecified atom stereocenters. The molecule has 2 nitrogen and oxygen atoms in total. The molecule has 2 heteroatoms. The van der Waals surface area contributed by atoms with Gasteiger partial charge >= 0.3 is 0 Å². The molecule has 0 saturated heterocycles. The van der Waals surface area contributed by atoms with E-state index in [1.54, 1.807) is 0 Å². The number of benzene rings is 1. The van der Waals surface area contributed by atoms with Crippen molar-refractivity contribution in [3.05, 3.63) is 30.3 Å². The summed E-state index contributed by atoms with van der Waals surface area (Å²) in [5.74, 6) is 3.53. The Hall–Kier alpha value is -1.46. The van der Waals surface area contributed by atoms with Crippen molar-refractivity contribution in [2.75, 3.05) is 13.2 Å².